The number of rotatable bonds is 5. The molecule has 25 heavy (non-hydrogen) atoms. The summed E-state index contributed by atoms with van der Waals surface area (Å²) in [5, 5.41) is 1.52. The van der Waals surface area contributed by atoms with Crippen molar-refractivity contribution in [2.75, 3.05) is 40.8 Å². The second kappa shape index (κ2) is 7.32. The minimum Gasteiger partial charge on any atom is -0.496 e. The maximum Gasteiger partial charge on any atom is 0.243 e. The van der Waals surface area contributed by atoms with Crippen molar-refractivity contribution in [3.63, 3.8) is 0 Å². The van der Waals surface area contributed by atoms with Gasteiger partial charge in [0.15, 0.2) is 0 Å². The van der Waals surface area contributed by atoms with Crippen LogP contribution in [0.15, 0.2) is 41.3 Å². The van der Waals surface area contributed by atoms with Crippen LogP contribution < -0.4 is 4.74 Å². The van der Waals surface area contributed by atoms with Crippen molar-refractivity contribution in [2.24, 2.45) is 5.92 Å². The summed E-state index contributed by atoms with van der Waals surface area (Å²) in [6.07, 6.45) is 2.08. The van der Waals surface area contributed by atoms with Crippen molar-refractivity contribution >= 4 is 20.8 Å². The molecular formula is C19H26N2O3S. The van der Waals surface area contributed by atoms with Gasteiger partial charge in [0.25, 0.3) is 0 Å². The van der Waals surface area contributed by atoms with Crippen LogP contribution in [0, 0.1) is 5.92 Å². The standard InChI is InChI=1S/C19H26N2O3S/c1-20-12-10-15(11-13-20)14-21(2)25(22,23)19-9-8-18(24-3)16-6-4-5-7-17(16)19/h4-9,15H,10-14H2,1-3H3. The highest BCUT2D eigenvalue weighted by Gasteiger charge is 2.27. The van der Waals surface area contributed by atoms with Crippen molar-refractivity contribution in [3.05, 3.63) is 36.4 Å². The van der Waals surface area contributed by atoms with E-state index in [0.717, 1.165) is 31.3 Å². The quantitative estimate of drug-likeness (QED) is 0.821. The average molecular weight is 362 g/mol. The number of benzene rings is 2. The van der Waals surface area contributed by atoms with E-state index in [-0.39, 0.29) is 0 Å². The number of sulfonamides is 1. The molecule has 0 amide bonds. The zero-order valence-electron chi connectivity index (χ0n) is 15.1. The highest BCUT2D eigenvalue weighted by atomic mass is 32.2. The summed E-state index contributed by atoms with van der Waals surface area (Å²) in [5.74, 6) is 1.10. The molecule has 1 aliphatic heterocycles. The molecule has 0 aromatic heterocycles. The van der Waals surface area contributed by atoms with Crippen LogP contribution >= 0.6 is 0 Å². The Morgan fingerprint density at radius 1 is 1.12 bits per heavy atom. The van der Waals surface area contributed by atoms with Gasteiger partial charge < -0.3 is 9.64 Å². The molecule has 0 unspecified atom stereocenters. The molecule has 136 valence electrons. The van der Waals surface area contributed by atoms with Crippen LogP contribution in [0.4, 0.5) is 0 Å². The van der Waals surface area contributed by atoms with E-state index < -0.39 is 10.0 Å². The van der Waals surface area contributed by atoms with E-state index in [9.17, 15) is 8.42 Å². The van der Waals surface area contributed by atoms with Gasteiger partial charge in [-0.1, -0.05) is 24.3 Å². The lowest BCUT2D eigenvalue weighted by Crippen LogP contribution is -2.38. The van der Waals surface area contributed by atoms with Gasteiger partial charge in [-0.2, -0.15) is 0 Å². The zero-order chi connectivity index (χ0) is 18.0. The topological polar surface area (TPSA) is 49.9 Å². The monoisotopic (exact) mass is 362 g/mol. The predicted molar refractivity (Wildman–Crippen MR) is 101 cm³/mol. The van der Waals surface area contributed by atoms with Crippen LogP contribution in [0.3, 0.4) is 0 Å². The van der Waals surface area contributed by atoms with Crippen LogP contribution in [0.2, 0.25) is 0 Å². The van der Waals surface area contributed by atoms with Gasteiger partial charge in [-0.05, 0) is 51.0 Å². The molecule has 1 fully saturated rings. The van der Waals surface area contributed by atoms with Gasteiger partial charge in [-0.25, -0.2) is 12.7 Å². The molecule has 2 aromatic carbocycles. The number of piperidine rings is 1. The number of hydrogen-bond donors (Lipinski definition) is 0. The smallest absolute Gasteiger partial charge is 0.243 e. The summed E-state index contributed by atoms with van der Waals surface area (Å²) in [7, 11) is 1.86. The Labute approximate surface area is 150 Å². The van der Waals surface area contributed by atoms with Gasteiger partial charge in [0.2, 0.25) is 10.0 Å². The Balaban J connectivity index is 1.90. The summed E-state index contributed by atoms with van der Waals surface area (Å²) < 4.78 is 33.2. The predicted octanol–water partition coefficient (Wildman–Crippen LogP) is 2.81. The largest absolute Gasteiger partial charge is 0.496 e. The minimum atomic E-state index is -3.54. The molecule has 5 nitrogen and oxygen atoms in total. The van der Waals surface area contributed by atoms with Crippen molar-refractivity contribution in [1.29, 1.82) is 0 Å². The first-order valence-electron chi connectivity index (χ1n) is 8.64. The summed E-state index contributed by atoms with van der Waals surface area (Å²) in [6, 6.07) is 10.9. The number of ether oxygens (including phenoxy) is 1. The molecule has 0 bridgehead atoms. The van der Waals surface area contributed by atoms with Gasteiger partial charge >= 0.3 is 0 Å². The van der Waals surface area contributed by atoms with Gasteiger partial charge in [0, 0.05) is 24.4 Å². The second-order valence-electron chi connectivity index (χ2n) is 6.84. The average Bonchev–Trinajstić information content (AvgIpc) is 2.62. The lowest BCUT2D eigenvalue weighted by molar-refractivity contribution is 0.202. The third-order valence-electron chi connectivity index (χ3n) is 5.11. The van der Waals surface area contributed by atoms with E-state index in [4.69, 9.17) is 4.74 Å². The molecular weight excluding hydrogens is 336 g/mol. The molecule has 2 aromatic rings. The Morgan fingerprint density at radius 2 is 1.76 bits per heavy atom. The Hall–Kier alpha value is -1.63. The number of hydrogen-bond acceptors (Lipinski definition) is 4. The number of fused-ring (bicyclic) bond motifs is 1. The van der Waals surface area contributed by atoms with Crippen LogP contribution in [-0.4, -0.2) is 58.5 Å². The van der Waals surface area contributed by atoms with E-state index in [1.54, 1.807) is 26.3 Å². The molecule has 0 saturated carbocycles. The number of nitrogens with zero attached hydrogens (tertiary/aromatic N) is 2. The summed E-state index contributed by atoms with van der Waals surface area (Å²) >= 11 is 0. The molecule has 6 heteroatoms. The highest BCUT2D eigenvalue weighted by molar-refractivity contribution is 7.89. The summed E-state index contributed by atoms with van der Waals surface area (Å²) in [5.41, 5.74) is 0. The second-order valence-corrected chi connectivity index (χ2v) is 8.86. The maximum absolute atomic E-state index is 13.2. The van der Waals surface area contributed by atoms with E-state index in [2.05, 4.69) is 11.9 Å². The van der Waals surface area contributed by atoms with Crippen LogP contribution in [0.25, 0.3) is 10.8 Å². The van der Waals surface area contributed by atoms with E-state index >= 15 is 0 Å². The number of likely N-dealkylation sites (tertiary alicyclic amines) is 1. The van der Waals surface area contributed by atoms with E-state index in [1.165, 1.54) is 4.31 Å². The lowest BCUT2D eigenvalue weighted by Gasteiger charge is -2.31. The van der Waals surface area contributed by atoms with Crippen LogP contribution in [-0.2, 0) is 10.0 Å². The highest BCUT2D eigenvalue weighted by Crippen LogP contribution is 2.32. The fourth-order valence-corrected chi connectivity index (χ4v) is 4.96. The van der Waals surface area contributed by atoms with Crippen molar-refractivity contribution in [1.82, 2.24) is 9.21 Å². The van der Waals surface area contributed by atoms with Gasteiger partial charge in [-0.15, -0.1) is 0 Å². The first-order valence-corrected chi connectivity index (χ1v) is 10.1. The third-order valence-corrected chi connectivity index (χ3v) is 6.99. The Kier molecular flexibility index (Phi) is 5.32. The van der Waals surface area contributed by atoms with Crippen LogP contribution in [0.5, 0.6) is 5.75 Å². The van der Waals surface area contributed by atoms with E-state index in [1.807, 2.05) is 24.3 Å². The van der Waals surface area contributed by atoms with Gasteiger partial charge in [-0.3, -0.25) is 0 Å². The molecule has 0 aliphatic carbocycles. The molecule has 0 radical (unpaired) electrons. The Morgan fingerprint density at radius 3 is 2.40 bits per heavy atom. The van der Waals surface area contributed by atoms with Crippen molar-refractivity contribution < 1.29 is 13.2 Å². The lowest BCUT2D eigenvalue weighted by atomic mass is 9.97. The molecule has 0 spiro atoms. The van der Waals surface area contributed by atoms with Crippen molar-refractivity contribution in [2.45, 2.75) is 17.7 Å². The SMILES string of the molecule is COc1ccc(S(=O)(=O)N(C)CC2CCN(C)CC2)c2ccccc12. The van der Waals surface area contributed by atoms with Crippen LogP contribution in [0.1, 0.15) is 12.8 Å². The van der Waals surface area contributed by atoms with Gasteiger partial charge in [0.1, 0.15) is 5.75 Å². The summed E-state index contributed by atoms with van der Waals surface area (Å²) in [4.78, 5) is 2.64. The molecule has 1 saturated heterocycles. The minimum absolute atomic E-state index is 0.347. The Bertz CT molecular complexity index is 843. The third kappa shape index (κ3) is 3.66. The maximum atomic E-state index is 13.2. The normalized spacial score (nSPS) is 17.3. The molecule has 0 N–H and O–H groups in total. The van der Waals surface area contributed by atoms with Crippen molar-refractivity contribution in [3.8, 4) is 5.75 Å². The summed E-state index contributed by atoms with van der Waals surface area (Å²) in [6.45, 7) is 2.63. The molecule has 0 atom stereocenters. The first kappa shape index (κ1) is 18.2. The molecule has 1 heterocycles. The van der Waals surface area contributed by atoms with Gasteiger partial charge in [0.05, 0.1) is 12.0 Å². The fraction of sp³-hybridized carbons (Fsp3) is 0.474. The zero-order valence-corrected chi connectivity index (χ0v) is 15.9. The van der Waals surface area contributed by atoms with E-state index in [0.29, 0.717) is 28.5 Å². The molecule has 1 aliphatic rings. The fourth-order valence-electron chi connectivity index (χ4n) is 3.52. The number of methoxy groups -OCH3 is 1. The first-order chi connectivity index (χ1) is 11.9. The molecule has 3 rings (SSSR count).